The molecule has 8 heteroatoms. The number of benzene rings is 1. The van der Waals surface area contributed by atoms with E-state index in [4.69, 9.17) is 14.2 Å². The molecule has 1 aromatic rings. The van der Waals surface area contributed by atoms with Crippen LogP contribution in [0.5, 0.6) is 11.5 Å². The van der Waals surface area contributed by atoms with Gasteiger partial charge in [0, 0.05) is 5.56 Å². The molecule has 0 spiro atoms. The zero-order chi connectivity index (χ0) is 13.4. The lowest BCUT2D eigenvalue weighted by molar-refractivity contribution is -0.386. The van der Waals surface area contributed by atoms with Gasteiger partial charge < -0.3 is 14.2 Å². The minimum absolute atomic E-state index is 0.0318. The first kappa shape index (κ1) is 12.6. The smallest absolute Gasteiger partial charge is 0.346 e. The highest BCUT2D eigenvalue weighted by atomic mass is 79.9. The summed E-state index contributed by atoms with van der Waals surface area (Å²) in [5.74, 6) is -0.674. The van der Waals surface area contributed by atoms with Crippen molar-refractivity contribution in [3.63, 3.8) is 0 Å². The van der Waals surface area contributed by atoms with Crippen LogP contribution in [0.2, 0.25) is 0 Å². The SMILES string of the molecule is COc1c(Br)c2c(c([N+](=O)[O-])c1OC)C(=O)OC2. The number of esters is 1. The molecule has 0 amide bonds. The predicted molar refractivity (Wildman–Crippen MR) is 63.0 cm³/mol. The Hall–Kier alpha value is -1.83. The van der Waals surface area contributed by atoms with E-state index < -0.39 is 16.6 Å². The fourth-order valence-electron chi connectivity index (χ4n) is 1.82. The molecule has 1 aromatic carbocycles. The first-order valence-electron chi connectivity index (χ1n) is 4.80. The van der Waals surface area contributed by atoms with E-state index in [0.29, 0.717) is 10.0 Å². The Balaban J connectivity index is 2.89. The molecule has 1 aliphatic rings. The highest BCUT2D eigenvalue weighted by molar-refractivity contribution is 9.10. The molecule has 0 radical (unpaired) electrons. The fraction of sp³-hybridized carbons (Fsp3) is 0.300. The van der Waals surface area contributed by atoms with Crippen molar-refractivity contribution < 1.29 is 23.9 Å². The second-order valence-corrected chi connectivity index (χ2v) is 4.21. The van der Waals surface area contributed by atoms with Gasteiger partial charge in [-0.15, -0.1) is 0 Å². The first-order valence-corrected chi connectivity index (χ1v) is 5.60. The highest BCUT2D eigenvalue weighted by Crippen LogP contribution is 2.49. The molecule has 0 aliphatic carbocycles. The molecule has 2 rings (SSSR count). The number of fused-ring (bicyclic) bond motifs is 1. The van der Waals surface area contributed by atoms with Crippen molar-refractivity contribution in [1.82, 2.24) is 0 Å². The van der Waals surface area contributed by atoms with Gasteiger partial charge in [0.15, 0.2) is 5.75 Å². The molecule has 0 bridgehead atoms. The van der Waals surface area contributed by atoms with Crippen LogP contribution in [0, 0.1) is 10.1 Å². The normalized spacial score (nSPS) is 12.9. The second kappa shape index (κ2) is 4.45. The second-order valence-electron chi connectivity index (χ2n) is 3.42. The summed E-state index contributed by atoms with van der Waals surface area (Å²) < 4.78 is 15.3. The van der Waals surface area contributed by atoms with Crippen LogP contribution in [0.3, 0.4) is 0 Å². The third kappa shape index (κ3) is 1.60. The van der Waals surface area contributed by atoms with Crippen molar-refractivity contribution in [2.45, 2.75) is 6.61 Å². The molecular formula is C10H8BrNO6. The Morgan fingerprint density at radius 2 is 1.94 bits per heavy atom. The van der Waals surface area contributed by atoms with Crippen LogP contribution in [0.4, 0.5) is 5.69 Å². The largest absolute Gasteiger partial charge is 0.492 e. The number of carbonyl (C=O) groups is 1. The van der Waals surface area contributed by atoms with Crippen molar-refractivity contribution in [3.05, 3.63) is 25.7 Å². The minimum Gasteiger partial charge on any atom is -0.492 e. The number of hydrogen-bond donors (Lipinski definition) is 0. The van der Waals surface area contributed by atoms with Gasteiger partial charge in [-0.2, -0.15) is 0 Å². The van der Waals surface area contributed by atoms with Gasteiger partial charge >= 0.3 is 11.7 Å². The van der Waals surface area contributed by atoms with E-state index in [0.717, 1.165) is 0 Å². The van der Waals surface area contributed by atoms with Gasteiger partial charge in [0.1, 0.15) is 12.2 Å². The highest BCUT2D eigenvalue weighted by Gasteiger charge is 2.39. The van der Waals surface area contributed by atoms with Gasteiger partial charge in [-0.25, -0.2) is 4.79 Å². The fourth-order valence-corrected chi connectivity index (χ4v) is 2.48. The van der Waals surface area contributed by atoms with Crippen LogP contribution in [-0.4, -0.2) is 25.1 Å². The van der Waals surface area contributed by atoms with Crippen LogP contribution in [0.1, 0.15) is 15.9 Å². The maximum atomic E-state index is 11.6. The lowest BCUT2D eigenvalue weighted by Crippen LogP contribution is -2.05. The van der Waals surface area contributed by atoms with Crippen LogP contribution in [-0.2, 0) is 11.3 Å². The Morgan fingerprint density at radius 3 is 2.44 bits per heavy atom. The summed E-state index contributed by atoms with van der Waals surface area (Å²) in [5.41, 5.74) is -0.135. The Labute approximate surface area is 110 Å². The molecule has 1 aliphatic heterocycles. The van der Waals surface area contributed by atoms with Crippen LogP contribution in [0.15, 0.2) is 4.47 Å². The van der Waals surface area contributed by atoms with Gasteiger partial charge in [0.2, 0.25) is 5.75 Å². The summed E-state index contributed by atoms with van der Waals surface area (Å²) >= 11 is 3.24. The summed E-state index contributed by atoms with van der Waals surface area (Å²) in [4.78, 5) is 22.0. The molecule has 18 heavy (non-hydrogen) atoms. The molecule has 96 valence electrons. The molecule has 0 saturated carbocycles. The monoisotopic (exact) mass is 317 g/mol. The maximum absolute atomic E-state index is 11.6. The number of halogens is 1. The maximum Gasteiger partial charge on any atom is 0.346 e. The van der Waals surface area contributed by atoms with Crippen molar-refractivity contribution in [1.29, 1.82) is 0 Å². The number of cyclic esters (lactones) is 1. The van der Waals surface area contributed by atoms with Gasteiger partial charge in [0.05, 0.1) is 23.6 Å². The lowest BCUT2D eigenvalue weighted by Gasteiger charge is -2.12. The van der Waals surface area contributed by atoms with Crippen LogP contribution < -0.4 is 9.47 Å². The third-order valence-electron chi connectivity index (χ3n) is 2.57. The van der Waals surface area contributed by atoms with E-state index in [-0.39, 0.29) is 23.7 Å². The van der Waals surface area contributed by atoms with Crippen molar-refractivity contribution in [3.8, 4) is 11.5 Å². The molecule has 0 fully saturated rings. The predicted octanol–water partition coefficient (Wildman–Crippen LogP) is 2.04. The lowest BCUT2D eigenvalue weighted by atomic mass is 10.1. The number of methoxy groups -OCH3 is 2. The van der Waals surface area contributed by atoms with E-state index in [1.54, 1.807) is 0 Å². The average molecular weight is 318 g/mol. The Morgan fingerprint density at radius 1 is 1.33 bits per heavy atom. The number of ether oxygens (including phenoxy) is 3. The standard InChI is InChI=1S/C10H8BrNO6/c1-16-8-6(11)4-3-18-10(13)5(4)7(12(14)15)9(8)17-2/h3H2,1-2H3. The Kier molecular flexibility index (Phi) is 3.12. The summed E-state index contributed by atoms with van der Waals surface area (Å²) in [6, 6.07) is 0. The molecule has 0 saturated heterocycles. The molecule has 0 N–H and O–H groups in total. The molecule has 0 unspecified atom stereocenters. The number of carbonyl (C=O) groups excluding carboxylic acids is 1. The summed E-state index contributed by atoms with van der Waals surface area (Å²) in [7, 11) is 2.63. The van der Waals surface area contributed by atoms with Gasteiger partial charge in [-0.1, -0.05) is 0 Å². The van der Waals surface area contributed by atoms with E-state index in [1.165, 1.54) is 14.2 Å². The van der Waals surface area contributed by atoms with Crippen LogP contribution >= 0.6 is 15.9 Å². The minimum atomic E-state index is -0.738. The van der Waals surface area contributed by atoms with E-state index in [2.05, 4.69) is 15.9 Å². The van der Waals surface area contributed by atoms with Crippen LogP contribution in [0.25, 0.3) is 0 Å². The topological polar surface area (TPSA) is 87.9 Å². The number of hydrogen-bond acceptors (Lipinski definition) is 6. The Bertz CT molecular complexity index is 556. The van der Waals surface area contributed by atoms with E-state index in [1.807, 2.05) is 0 Å². The van der Waals surface area contributed by atoms with E-state index >= 15 is 0 Å². The average Bonchev–Trinajstić information content (AvgIpc) is 2.71. The van der Waals surface area contributed by atoms with Crippen molar-refractivity contribution in [2.75, 3.05) is 14.2 Å². The van der Waals surface area contributed by atoms with Crippen molar-refractivity contribution in [2.24, 2.45) is 0 Å². The first-order chi connectivity index (χ1) is 8.52. The zero-order valence-corrected chi connectivity index (χ0v) is 11.1. The quantitative estimate of drug-likeness (QED) is 0.481. The summed E-state index contributed by atoms with van der Waals surface area (Å²) in [5, 5.41) is 11.1. The number of nitro groups is 1. The van der Waals surface area contributed by atoms with Crippen molar-refractivity contribution >= 4 is 27.6 Å². The molecule has 7 nitrogen and oxygen atoms in total. The van der Waals surface area contributed by atoms with Gasteiger partial charge in [0.25, 0.3) is 0 Å². The summed E-state index contributed by atoms with van der Waals surface area (Å²) in [6.07, 6.45) is 0. The molecule has 0 aromatic heterocycles. The third-order valence-corrected chi connectivity index (χ3v) is 3.41. The number of rotatable bonds is 3. The number of nitro benzene ring substituents is 1. The van der Waals surface area contributed by atoms with E-state index in [9.17, 15) is 14.9 Å². The number of nitrogens with zero attached hydrogens (tertiary/aromatic N) is 1. The van der Waals surface area contributed by atoms with Gasteiger partial charge in [-0.05, 0) is 15.9 Å². The zero-order valence-electron chi connectivity index (χ0n) is 9.48. The molecule has 0 atom stereocenters. The summed E-state index contributed by atoms with van der Waals surface area (Å²) in [6.45, 7) is -0.0318. The molecule has 1 heterocycles. The molecular weight excluding hydrogens is 310 g/mol. The van der Waals surface area contributed by atoms with Gasteiger partial charge in [-0.3, -0.25) is 10.1 Å².